The van der Waals surface area contributed by atoms with Gasteiger partial charge in [0.05, 0.1) is 0 Å². The van der Waals surface area contributed by atoms with Crippen LogP contribution in [-0.2, 0) is 4.79 Å². The summed E-state index contributed by atoms with van der Waals surface area (Å²) in [5.41, 5.74) is 2.26. The van der Waals surface area contributed by atoms with Crippen LogP contribution in [0.4, 0.5) is 0 Å². The van der Waals surface area contributed by atoms with E-state index in [9.17, 15) is 9.90 Å². The average molecular weight is 234 g/mol. The average Bonchev–Trinajstić information content (AvgIpc) is 3.10. The molecule has 3 nitrogen and oxygen atoms in total. The summed E-state index contributed by atoms with van der Waals surface area (Å²) in [6, 6.07) is 5.90. The minimum atomic E-state index is -0.305. The Kier molecular flexibility index (Phi) is 3.48. The number of hydrogen-bond acceptors (Lipinski definition) is 3. The van der Waals surface area contributed by atoms with Gasteiger partial charge in [0.15, 0.2) is 0 Å². The lowest BCUT2D eigenvalue weighted by molar-refractivity contribution is -0.131. The van der Waals surface area contributed by atoms with E-state index >= 15 is 0 Å². The zero-order chi connectivity index (χ0) is 12.4. The number of rotatable bonds is 4. The van der Waals surface area contributed by atoms with Crippen molar-refractivity contribution < 1.29 is 14.6 Å². The molecule has 2 rings (SSSR count). The molecule has 1 atom stereocenters. The van der Waals surface area contributed by atoms with E-state index in [0.717, 1.165) is 5.56 Å². The second-order valence-electron chi connectivity index (χ2n) is 4.79. The number of hydrogen-bond donors (Lipinski definition) is 1. The van der Waals surface area contributed by atoms with Crippen molar-refractivity contribution in [3.05, 3.63) is 29.3 Å². The zero-order valence-electron chi connectivity index (χ0n) is 10.3. The fraction of sp³-hybridized carbons (Fsp3) is 0.500. The highest BCUT2D eigenvalue weighted by molar-refractivity contribution is 5.69. The van der Waals surface area contributed by atoms with Crippen molar-refractivity contribution in [2.24, 2.45) is 0 Å². The van der Waals surface area contributed by atoms with Gasteiger partial charge in [-0.05, 0) is 42.0 Å². The summed E-state index contributed by atoms with van der Waals surface area (Å²) in [6.45, 7) is 3.47. The number of aliphatic hydroxyl groups excluding tert-OH is 1. The van der Waals surface area contributed by atoms with E-state index in [1.807, 2.05) is 19.1 Å². The van der Waals surface area contributed by atoms with Gasteiger partial charge in [-0.3, -0.25) is 4.79 Å². The summed E-state index contributed by atoms with van der Waals surface area (Å²) >= 11 is 0. The third-order valence-electron chi connectivity index (χ3n) is 3.10. The van der Waals surface area contributed by atoms with Gasteiger partial charge in [-0.2, -0.15) is 0 Å². The lowest BCUT2D eigenvalue weighted by atomic mass is 9.97. The summed E-state index contributed by atoms with van der Waals surface area (Å²) < 4.78 is 5.15. The van der Waals surface area contributed by atoms with E-state index in [1.54, 1.807) is 0 Å². The van der Waals surface area contributed by atoms with E-state index in [-0.39, 0.29) is 18.5 Å². The molecular weight excluding hydrogens is 216 g/mol. The number of aliphatic hydroxyl groups is 1. The first-order valence-corrected chi connectivity index (χ1v) is 6.04. The van der Waals surface area contributed by atoms with E-state index < -0.39 is 0 Å². The van der Waals surface area contributed by atoms with Crippen LogP contribution in [0.3, 0.4) is 0 Å². The Balaban J connectivity index is 2.31. The van der Waals surface area contributed by atoms with Crippen molar-refractivity contribution in [3.8, 4) is 5.75 Å². The normalized spacial score (nSPS) is 16.6. The minimum Gasteiger partial charge on any atom is -0.427 e. The predicted octanol–water partition coefficient (Wildman–Crippen LogP) is 2.59. The van der Waals surface area contributed by atoms with Gasteiger partial charge in [-0.1, -0.05) is 13.0 Å². The molecule has 1 fully saturated rings. The molecule has 0 amide bonds. The van der Waals surface area contributed by atoms with Crippen LogP contribution in [-0.4, -0.2) is 17.7 Å². The largest absolute Gasteiger partial charge is 0.427 e. The highest BCUT2D eigenvalue weighted by Crippen LogP contribution is 2.42. The van der Waals surface area contributed by atoms with Crippen LogP contribution in [0.15, 0.2) is 18.2 Å². The molecule has 0 heterocycles. The standard InChI is InChI=1S/C14H18O3/c1-9(8-15)12-5-13(11-3-4-11)7-14(6-12)17-10(2)16/h5-7,9,11,15H,3-4,8H2,1-2H3. The van der Waals surface area contributed by atoms with Crippen LogP contribution < -0.4 is 4.74 Å². The SMILES string of the molecule is CC(=O)Oc1cc(C(C)CO)cc(C2CC2)c1. The van der Waals surface area contributed by atoms with E-state index in [1.165, 1.54) is 25.3 Å². The molecule has 3 heteroatoms. The second kappa shape index (κ2) is 4.88. The molecule has 0 radical (unpaired) electrons. The Morgan fingerprint density at radius 3 is 2.71 bits per heavy atom. The fourth-order valence-electron chi connectivity index (χ4n) is 1.91. The fourth-order valence-corrected chi connectivity index (χ4v) is 1.91. The lowest BCUT2D eigenvalue weighted by Crippen LogP contribution is -2.05. The molecule has 0 aromatic heterocycles. The highest BCUT2D eigenvalue weighted by Gasteiger charge is 2.25. The molecular formula is C14H18O3. The molecule has 0 spiro atoms. The monoisotopic (exact) mass is 234 g/mol. The Labute approximate surface area is 101 Å². The Morgan fingerprint density at radius 1 is 1.47 bits per heavy atom. The molecule has 1 unspecified atom stereocenters. The first-order valence-electron chi connectivity index (χ1n) is 6.04. The van der Waals surface area contributed by atoms with Gasteiger partial charge in [-0.15, -0.1) is 0 Å². The van der Waals surface area contributed by atoms with Gasteiger partial charge >= 0.3 is 5.97 Å². The molecule has 1 aliphatic rings. The number of carbonyl (C=O) groups excluding carboxylic acids is 1. The molecule has 92 valence electrons. The molecule has 1 aromatic rings. The number of carbonyl (C=O) groups is 1. The molecule has 1 aromatic carbocycles. The van der Waals surface area contributed by atoms with Crippen molar-refractivity contribution in [1.29, 1.82) is 0 Å². The summed E-state index contributed by atoms with van der Waals surface area (Å²) in [5, 5.41) is 9.20. The maximum Gasteiger partial charge on any atom is 0.308 e. The summed E-state index contributed by atoms with van der Waals surface area (Å²) in [6.07, 6.45) is 2.41. The van der Waals surface area contributed by atoms with Crippen LogP contribution in [0.25, 0.3) is 0 Å². The van der Waals surface area contributed by atoms with Gasteiger partial charge in [-0.25, -0.2) is 0 Å². The van der Waals surface area contributed by atoms with Crippen molar-refractivity contribution in [3.63, 3.8) is 0 Å². The van der Waals surface area contributed by atoms with Gasteiger partial charge in [0.2, 0.25) is 0 Å². The van der Waals surface area contributed by atoms with Gasteiger partial charge < -0.3 is 9.84 Å². The molecule has 1 aliphatic carbocycles. The van der Waals surface area contributed by atoms with Crippen molar-refractivity contribution in [2.75, 3.05) is 6.61 Å². The first-order chi connectivity index (χ1) is 8.10. The van der Waals surface area contributed by atoms with Crippen molar-refractivity contribution >= 4 is 5.97 Å². The zero-order valence-corrected chi connectivity index (χ0v) is 10.3. The van der Waals surface area contributed by atoms with E-state index in [2.05, 4.69) is 6.07 Å². The second-order valence-corrected chi connectivity index (χ2v) is 4.79. The number of benzene rings is 1. The molecule has 17 heavy (non-hydrogen) atoms. The first kappa shape index (κ1) is 12.1. The van der Waals surface area contributed by atoms with Crippen LogP contribution >= 0.6 is 0 Å². The third-order valence-corrected chi connectivity index (χ3v) is 3.10. The molecule has 1 saturated carbocycles. The molecule has 0 saturated heterocycles. The topological polar surface area (TPSA) is 46.5 Å². The van der Waals surface area contributed by atoms with Crippen LogP contribution in [0.1, 0.15) is 49.7 Å². The van der Waals surface area contributed by atoms with Gasteiger partial charge in [0.1, 0.15) is 5.75 Å². The lowest BCUT2D eigenvalue weighted by Gasteiger charge is -2.13. The predicted molar refractivity (Wildman–Crippen MR) is 65.2 cm³/mol. The maximum absolute atomic E-state index is 11.0. The Morgan fingerprint density at radius 2 is 2.18 bits per heavy atom. The quantitative estimate of drug-likeness (QED) is 0.643. The number of esters is 1. The van der Waals surface area contributed by atoms with Gasteiger partial charge in [0, 0.05) is 19.4 Å². The number of ether oxygens (including phenoxy) is 1. The van der Waals surface area contributed by atoms with Crippen molar-refractivity contribution in [2.45, 2.75) is 38.5 Å². The summed E-state index contributed by atoms with van der Waals surface area (Å²) in [5.74, 6) is 0.968. The summed E-state index contributed by atoms with van der Waals surface area (Å²) in [7, 11) is 0. The smallest absolute Gasteiger partial charge is 0.308 e. The third kappa shape index (κ3) is 3.07. The maximum atomic E-state index is 11.0. The van der Waals surface area contributed by atoms with Crippen LogP contribution in [0.2, 0.25) is 0 Å². The van der Waals surface area contributed by atoms with Gasteiger partial charge in [0.25, 0.3) is 0 Å². The van der Waals surface area contributed by atoms with Crippen molar-refractivity contribution in [1.82, 2.24) is 0 Å². The Hall–Kier alpha value is -1.35. The molecule has 1 N–H and O–H groups in total. The van der Waals surface area contributed by atoms with Crippen LogP contribution in [0, 0.1) is 0 Å². The Bertz CT molecular complexity index is 421. The van der Waals surface area contributed by atoms with Crippen LogP contribution in [0.5, 0.6) is 5.75 Å². The summed E-state index contributed by atoms with van der Waals surface area (Å²) in [4.78, 5) is 11.0. The van der Waals surface area contributed by atoms with E-state index in [4.69, 9.17) is 4.74 Å². The van der Waals surface area contributed by atoms with E-state index in [0.29, 0.717) is 11.7 Å². The molecule has 0 bridgehead atoms. The minimum absolute atomic E-state index is 0.0722. The molecule has 0 aliphatic heterocycles. The highest BCUT2D eigenvalue weighted by atomic mass is 16.5.